The summed E-state index contributed by atoms with van der Waals surface area (Å²) in [7, 11) is 3.20. The lowest BCUT2D eigenvalue weighted by atomic mass is 10.1. The second-order valence-electron chi connectivity index (χ2n) is 8.32. The molecule has 3 aromatic rings. The Kier molecular flexibility index (Phi) is 6.92. The molecule has 1 fully saturated rings. The summed E-state index contributed by atoms with van der Waals surface area (Å²) in [6.07, 6.45) is 0. The minimum Gasteiger partial charge on any atom is -0.496 e. The molecule has 1 N–H and O–H groups in total. The highest BCUT2D eigenvalue weighted by atomic mass is 16.7. The number of hydrogen-bond acceptors (Lipinski definition) is 9. The first-order valence-corrected chi connectivity index (χ1v) is 11.1. The molecule has 1 atom stereocenters. The van der Waals surface area contributed by atoms with Gasteiger partial charge in [0.2, 0.25) is 0 Å². The lowest BCUT2D eigenvalue weighted by Crippen LogP contribution is -2.44. The van der Waals surface area contributed by atoms with Crippen molar-refractivity contribution in [1.82, 2.24) is 15.0 Å². The molecule has 9 heteroatoms. The van der Waals surface area contributed by atoms with Crippen LogP contribution in [0.1, 0.15) is 26.3 Å². The van der Waals surface area contributed by atoms with Crippen LogP contribution in [0.25, 0.3) is 22.3 Å². The van der Waals surface area contributed by atoms with Crippen molar-refractivity contribution in [2.24, 2.45) is 0 Å². The van der Waals surface area contributed by atoms with Gasteiger partial charge in [-0.3, -0.25) is 4.84 Å². The maximum absolute atomic E-state index is 9.72. The van der Waals surface area contributed by atoms with Gasteiger partial charge in [0.05, 0.1) is 57.2 Å². The highest BCUT2D eigenvalue weighted by Gasteiger charge is 2.25. The number of aliphatic hydroxyl groups excluding tert-OH is 1. The van der Waals surface area contributed by atoms with E-state index in [0.29, 0.717) is 36.1 Å². The number of aromatic nitrogens is 3. The lowest BCUT2D eigenvalue weighted by molar-refractivity contribution is 0.0986. The molecule has 2 aromatic heterocycles. The molecule has 0 spiro atoms. The third-order valence-electron chi connectivity index (χ3n) is 5.78. The van der Waals surface area contributed by atoms with E-state index in [1.54, 1.807) is 19.3 Å². The standard InChI is InChI=1S/C24H31N5O4/c1-15(2)29(32-5)24-26-22-19(23(27-24)28-10-11-33-14-16(28)3)7-8-20(25-22)17-6-9-21(31-4)18(12-17)13-30/h6-9,12,15-16,30H,10-11,13-14H2,1-5H3/t16-/m0/s1. The Morgan fingerprint density at radius 1 is 1.18 bits per heavy atom. The summed E-state index contributed by atoms with van der Waals surface area (Å²) in [5.74, 6) is 1.92. The normalized spacial score (nSPS) is 16.5. The van der Waals surface area contributed by atoms with Crippen molar-refractivity contribution in [3.8, 4) is 17.0 Å². The van der Waals surface area contributed by atoms with Gasteiger partial charge in [0.25, 0.3) is 5.95 Å². The molecule has 9 nitrogen and oxygen atoms in total. The molecule has 0 aliphatic carbocycles. The summed E-state index contributed by atoms with van der Waals surface area (Å²) >= 11 is 0. The monoisotopic (exact) mass is 453 g/mol. The zero-order valence-electron chi connectivity index (χ0n) is 19.8. The van der Waals surface area contributed by atoms with Crippen molar-refractivity contribution < 1.29 is 19.4 Å². The second-order valence-corrected chi connectivity index (χ2v) is 8.32. The van der Waals surface area contributed by atoms with Crippen molar-refractivity contribution in [3.63, 3.8) is 0 Å². The van der Waals surface area contributed by atoms with E-state index in [1.807, 2.05) is 44.2 Å². The van der Waals surface area contributed by atoms with E-state index in [2.05, 4.69) is 11.8 Å². The van der Waals surface area contributed by atoms with Crippen molar-refractivity contribution in [2.75, 3.05) is 43.9 Å². The smallest absolute Gasteiger partial charge is 0.254 e. The van der Waals surface area contributed by atoms with Crippen LogP contribution in [-0.4, -0.2) is 66.1 Å². The van der Waals surface area contributed by atoms with Gasteiger partial charge in [0, 0.05) is 17.7 Å². The Morgan fingerprint density at radius 2 is 2.00 bits per heavy atom. The van der Waals surface area contributed by atoms with Gasteiger partial charge in [0.1, 0.15) is 11.6 Å². The van der Waals surface area contributed by atoms with E-state index in [4.69, 9.17) is 29.3 Å². The Balaban J connectivity index is 1.87. The number of ether oxygens (including phenoxy) is 2. The van der Waals surface area contributed by atoms with E-state index in [0.717, 1.165) is 29.0 Å². The minimum absolute atomic E-state index is 0.0410. The average Bonchev–Trinajstić information content (AvgIpc) is 2.83. The Hall–Kier alpha value is -3.01. The first-order chi connectivity index (χ1) is 16.0. The average molecular weight is 454 g/mol. The number of hydroxylamine groups is 1. The highest BCUT2D eigenvalue weighted by Crippen LogP contribution is 2.32. The molecule has 1 saturated heterocycles. The van der Waals surface area contributed by atoms with Crippen LogP contribution in [0.5, 0.6) is 5.75 Å². The molecule has 33 heavy (non-hydrogen) atoms. The predicted octanol–water partition coefficient (Wildman–Crippen LogP) is 3.19. The first-order valence-electron chi connectivity index (χ1n) is 11.1. The zero-order valence-corrected chi connectivity index (χ0v) is 19.8. The molecule has 1 aliphatic rings. The number of benzene rings is 1. The Labute approximate surface area is 193 Å². The van der Waals surface area contributed by atoms with Gasteiger partial charge < -0.3 is 19.5 Å². The van der Waals surface area contributed by atoms with Crippen LogP contribution >= 0.6 is 0 Å². The summed E-state index contributed by atoms with van der Waals surface area (Å²) in [6.45, 7) is 8.07. The van der Waals surface area contributed by atoms with E-state index in [-0.39, 0.29) is 18.7 Å². The fourth-order valence-corrected chi connectivity index (χ4v) is 4.09. The second kappa shape index (κ2) is 9.86. The lowest BCUT2D eigenvalue weighted by Gasteiger charge is -2.35. The van der Waals surface area contributed by atoms with Crippen molar-refractivity contribution in [3.05, 3.63) is 35.9 Å². The van der Waals surface area contributed by atoms with Gasteiger partial charge >= 0.3 is 0 Å². The van der Waals surface area contributed by atoms with E-state index >= 15 is 0 Å². The summed E-state index contributed by atoms with van der Waals surface area (Å²) in [5.41, 5.74) is 2.90. The molecule has 0 amide bonds. The molecule has 0 unspecified atom stereocenters. The van der Waals surface area contributed by atoms with Crippen LogP contribution in [0.15, 0.2) is 30.3 Å². The predicted molar refractivity (Wildman–Crippen MR) is 127 cm³/mol. The summed E-state index contributed by atoms with van der Waals surface area (Å²) in [6, 6.07) is 9.83. The number of hydrogen-bond donors (Lipinski definition) is 1. The van der Waals surface area contributed by atoms with Gasteiger partial charge in [-0.15, -0.1) is 0 Å². The molecule has 3 heterocycles. The van der Waals surface area contributed by atoms with Crippen LogP contribution < -0.4 is 14.7 Å². The molecule has 0 radical (unpaired) electrons. The maximum atomic E-state index is 9.72. The van der Waals surface area contributed by atoms with Crippen LogP contribution in [0.3, 0.4) is 0 Å². The maximum Gasteiger partial charge on any atom is 0.254 e. The number of aliphatic hydroxyl groups is 1. The van der Waals surface area contributed by atoms with Gasteiger partial charge in [0.15, 0.2) is 5.65 Å². The fraction of sp³-hybridized carbons (Fsp3) is 0.458. The quantitative estimate of drug-likeness (QED) is 0.541. The number of rotatable bonds is 7. The molecular formula is C24H31N5O4. The van der Waals surface area contributed by atoms with Crippen LogP contribution in [0.2, 0.25) is 0 Å². The van der Waals surface area contributed by atoms with Gasteiger partial charge in [-0.05, 0) is 51.1 Å². The summed E-state index contributed by atoms with van der Waals surface area (Å²) in [4.78, 5) is 22.3. The van der Waals surface area contributed by atoms with Crippen LogP contribution in [0, 0.1) is 0 Å². The molecule has 1 aliphatic heterocycles. The highest BCUT2D eigenvalue weighted by molar-refractivity contribution is 5.90. The molecule has 0 saturated carbocycles. The number of methoxy groups -OCH3 is 1. The summed E-state index contributed by atoms with van der Waals surface area (Å²) in [5, 5.41) is 12.3. The van der Waals surface area contributed by atoms with E-state index < -0.39 is 0 Å². The molecule has 0 bridgehead atoms. The molecule has 1 aromatic carbocycles. The van der Waals surface area contributed by atoms with Crippen molar-refractivity contribution >= 4 is 22.8 Å². The summed E-state index contributed by atoms with van der Waals surface area (Å²) < 4.78 is 11.0. The van der Waals surface area contributed by atoms with E-state index in [1.165, 1.54) is 0 Å². The van der Waals surface area contributed by atoms with Crippen molar-refractivity contribution in [2.45, 2.75) is 39.5 Å². The molecule has 4 rings (SSSR count). The fourth-order valence-electron chi connectivity index (χ4n) is 4.09. The number of anilines is 2. The Morgan fingerprint density at radius 3 is 2.67 bits per heavy atom. The number of morpholine rings is 1. The minimum atomic E-state index is -0.118. The number of fused-ring (bicyclic) bond motifs is 1. The van der Waals surface area contributed by atoms with Gasteiger partial charge in [-0.2, -0.15) is 9.97 Å². The molecular weight excluding hydrogens is 422 g/mol. The third kappa shape index (κ3) is 4.57. The van der Waals surface area contributed by atoms with Crippen molar-refractivity contribution in [1.29, 1.82) is 0 Å². The Bertz CT molecular complexity index is 1120. The molecule has 176 valence electrons. The van der Waals surface area contributed by atoms with Crippen LogP contribution in [-0.2, 0) is 16.2 Å². The van der Waals surface area contributed by atoms with Gasteiger partial charge in [-0.1, -0.05) is 0 Å². The van der Waals surface area contributed by atoms with E-state index in [9.17, 15) is 5.11 Å². The number of pyridine rings is 1. The SMILES string of the molecule is COc1ccc(-c2ccc3c(N4CCOC[C@@H]4C)nc(N(OC)C(C)C)nc3n2)cc1CO. The topological polar surface area (TPSA) is 93.1 Å². The van der Waals surface area contributed by atoms with Gasteiger partial charge in [-0.25, -0.2) is 10.0 Å². The first kappa shape index (κ1) is 23.2. The number of nitrogens with zero attached hydrogens (tertiary/aromatic N) is 5. The zero-order chi connectivity index (χ0) is 23.5. The van der Waals surface area contributed by atoms with Crippen LogP contribution in [0.4, 0.5) is 11.8 Å². The third-order valence-corrected chi connectivity index (χ3v) is 5.78. The largest absolute Gasteiger partial charge is 0.496 e.